The first-order valence-electron chi connectivity index (χ1n) is 9.90. The fourth-order valence-corrected chi connectivity index (χ4v) is 4.17. The summed E-state index contributed by atoms with van der Waals surface area (Å²) in [7, 11) is 3.87. The summed E-state index contributed by atoms with van der Waals surface area (Å²) in [6.07, 6.45) is 2.85. The molecule has 2 aliphatic rings. The quantitative estimate of drug-likeness (QED) is 0.688. The number of benzene rings is 1. The maximum atomic E-state index is 6.15. The third kappa shape index (κ3) is 5.96. The average Bonchev–Trinajstić information content (AvgIpc) is 2.66. The maximum absolute atomic E-state index is 6.15. The Kier molecular flexibility index (Phi) is 7.61. The number of anilines is 1. The second-order valence-corrected chi connectivity index (χ2v) is 8.22. The first-order valence-corrected chi connectivity index (χ1v) is 10.3. The lowest BCUT2D eigenvalue weighted by Crippen LogP contribution is -2.48. The molecule has 3 N–H and O–H groups in total. The molecule has 0 radical (unpaired) electrons. The van der Waals surface area contributed by atoms with Crippen molar-refractivity contribution in [2.75, 3.05) is 65.8 Å². The van der Waals surface area contributed by atoms with Gasteiger partial charge in [-0.05, 0) is 45.0 Å². The second-order valence-electron chi connectivity index (χ2n) is 7.82. The largest absolute Gasteiger partial charge is 0.496 e. The summed E-state index contributed by atoms with van der Waals surface area (Å²) in [6, 6.07) is 3.65. The number of nitrogens with one attached hydrogen (secondary N) is 1. The zero-order chi connectivity index (χ0) is 19.2. The zero-order valence-electron chi connectivity index (χ0n) is 16.5. The van der Waals surface area contributed by atoms with Crippen LogP contribution in [0.4, 0.5) is 5.69 Å². The molecule has 6 nitrogen and oxygen atoms in total. The van der Waals surface area contributed by atoms with Gasteiger partial charge in [-0.2, -0.15) is 0 Å². The maximum Gasteiger partial charge on any atom is 0.125 e. The van der Waals surface area contributed by atoms with Gasteiger partial charge in [-0.25, -0.2) is 0 Å². The Hall–Kier alpha value is -1.05. The zero-order valence-corrected chi connectivity index (χ0v) is 17.3. The van der Waals surface area contributed by atoms with Gasteiger partial charge in [-0.1, -0.05) is 11.6 Å². The number of piperidine rings is 1. The molecule has 152 valence electrons. The van der Waals surface area contributed by atoms with Crippen LogP contribution in [-0.2, 0) is 11.3 Å². The van der Waals surface area contributed by atoms with Crippen LogP contribution in [0.2, 0.25) is 5.02 Å². The highest BCUT2D eigenvalue weighted by molar-refractivity contribution is 6.33. The second kappa shape index (κ2) is 9.94. The van der Waals surface area contributed by atoms with Gasteiger partial charge in [0.15, 0.2) is 0 Å². The normalized spacial score (nSPS) is 22.9. The number of ether oxygens (including phenoxy) is 2. The minimum absolute atomic E-state index is 0.222. The number of morpholine rings is 1. The van der Waals surface area contributed by atoms with Crippen molar-refractivity contribution in [2.24, 2.45) is 5.92 Å². The van der Waals surface area contributed by atoms with Crippen molar-refractivity contribution in [3.8, 4) is 5.75 Å². The number of nitrogen functional groups attached to an aromatic ring is 1. The molecular formula is C20H33ClN4O2. The summed E-state index contributed by atoms with van der Waals surface area (Å²) in [4.78, 5) is 5.01. The topological polar surface area (TPSA) is 63.0 Å². The van der Waals surface area contributed by atoms with Gasteiger partial charge in [0.2, 0.25) is 0 Å². The fourth-order valence-electron chi connectivity index (χ4n) is 3.99. The summed E-state index contributed by atoms with van der Waals surface area (Å²) in [5, 5.41) is 4.05. The molecular weight excluding hydrogens is 364 g/mol. The molecule has 0 aliphatic carbocycles. The van der Waals surface area contributed by atoms with Crippen LogP contribution in [-0.4, -0.2) is 75.9 Å². The number of nitrogens with zero attached hydrogens (tertiary/aromatic N) is 2. The molecule has 0 amide bonds. The van der Waals surface area contributed by atoms with Crippen LogP contribution in [0.5, 0.6) is 5.75 Å². The van der Waals surface area contributed by atoms with Crippen molar-refractivity contribution in [3.63, 3.8) is 0 Å². The third-order valence-corrected chi connectivity index (χ3v) is 5.99. The van der Waals surface area contributed by atoms with E-state index in [0.29, 0.717) is 17.3 Å². The van der Waals surface area contributed by atoms with E-state index in [-0.39, 0.29) is 6.10 Å². The van der Waals surface area contributed by atoms with Crippen molar-refractivity contribution in [1.29, 1.82) is 0 Å². The molecule has 1 atom stereocenters. The van der Waals surface area contributed by atoms with E-state index in [2.05, 4.69) is 22.2 Å². The number of nitrogens with two attached hydrogens (primary N) is 1. The van der Waals surface area contributed by atoms with Gasteiger partial charge < -0.3 is 25.4 Å². The number of methoxy groups -OCH3 is 1. The Labute approximate surface area is 167 Å². The molecule has 2 fully saturated rings. The SMILES string of the molecule is COc1cc(N)c(Cl)cc1CNCC1CN(CC2CCN(C)CC2)CCO1. The summed E-state index contributed by atoms with van der Waals surface area (Å²) in [5.74, 6) is 1.59. The number of halogens is 1. The van der Waals surface area contributed by atoms with Crippen molar-refractivity contribution >= 4 is 17.3 Å². The molecule has 1 unspecified atom stereocenters. The standard InChI is InChI=1S/C20H33ClN4O2/c1-24-5-3-15(4-6-24)13-25-7-8-27-17(14-25)12-23-11-16-9-18(21)19(22)10-20(16)26-2/h9-10,15,17,23H,3-8,11-14,22H2,1-2H3. The average molecular weight is 397 g/mol. The molecule has 7 heteroatoms. The fraction of sp³-hybridized carbons (Fsp3) is 0.700. The number of likely N-dealkylation sites (tertiary alicyclic amines) is 1. The van der Waals surface area contributed by atoms with Gasteiger partial charge in [-0.15, -0.1) is 0 Å². The first-order chi connectivity index (χ1) is 13.0. The molecule has 0 saturated carbocycles. The van der Waals surface area contributed by atoms with Crippen LogP contribution in [0.1, 0.15) is 18.4 Å². The first kappa shape index (κ1) is 20.7. The van der Waals surface area contributed by atoms with Gasteiger partial charge in [0, 0.05) is 44.4 Å². The molecule has 0 bridgehead atoms. The molecule has 0 aromatic heterocycles. The van der Waals surface area contributed by atoms with Gasteiger partial charge in [0.05, 0.1) is 30.5 Å². The highest BCUT2D eigenvalue weighted by atomic mass is 35.5. The minimum atomic E-state index is 0.222. The van der Waals surface area contributed by atoms with Gasteiger partial charge in [-0.3, -0.25) is 4.90 Å². The van der Waals surface area contributed by atoms with E-state index >= 15 is 0 Å². The Bertz CT molecular complexity index is 608. The molecule has 2 heterocycles. The van der Waals surface area contributed by atoms with Crippen LogP contribution in [0.15, 0.2) is 12.1 Å². The van der Waals surface area contributed by atoms with Crippen LogP contribution in [0, 0.1) is 5.92 Å². The Morgan fingerprint density at radius 2 is 2.07 bits per heavy atom. The highest BCUT2D eigenvalue weighted by Crippen LogP contribution is 2.28. The summed E-state index contributed by atoms with van der Waals surface area (Å²) in [6.45, 7) is 8.01. The Morgan fingerprint density at radius 3 is 2.81 bits per heavy atom. The highest BCUT2D eigenvalue weighted by Gasteiger charge is 2.24. The molecule has 1 aromatic rings. The van der Waals surface area contributed by atoms with E-state index in [1.165, 1.54) is 32.5 Å². The minimum Gasteiger partial charge on any atom is -0.496 e. The molecule has 2 saturated heterocycles. The molecule has 0 spiro atoms. The summed E-state index contributed by atoms with van der Waals surface area (Å²) >= 11 is 6.15. The van der Waals surface area contributed by atoms with E-state index in [1.54, 1.807) is 13.2 Å². The van der Waals surface area contributed by atoms with E-state index in [9.17, 15) is 0 Å². The lowest BCUT2D eigenvalue weighted by Gasteiger charge is -2.37. The van der Waals surface area contributed by atoms with Crippen LogP contribution in [0.3, 0.4) is 0 Å². The molecule has 2 aliphatic heterocycles. The number of hydrogen-bond donors (Lipinski definition) is 2. The van der Waals surface area contributed by atoms with Gasteiger partial charge in [0.25, 0.3) is 0 Å². The van der Waals surface area contributed by atoms with Crippen molar-refractivity contribution in [2.45, 2.75) is 25.5 Å². The van der Waals surface area contributed by atoms with Crippen LogP contribution in [0.25, 0.3) is 0 Å². The van der Waals surface area contributed by atoms with Gasteiger partial charge >= 0.3 is 0 Å². The predicted octanol–water partition coefficient (Wildman–Crippen LogP) is 2.06. The van der Waals surface area contributed by atoms with E-state index in [4.69, 9.17) is 26.8 Å². The Morgan fingerprint density at radius 1 is 1.30 bits per heavy atom. The molecule has 1 aromatic carbocycles. The third-order valence-electron chi connectivity index (χ3n) is 5.66. The predicted molar refractivity (Wildman–Crippen MR) is 111 cm³/mol. The van der Waals surface area contributed by atoms with Crippen LogP contribution >= 0.6 is 11.6 Å². The van der Waals surface area contributed by atoms with Crippen molar-refractivity contribution < 1.29 is 9.47 Å². The van der Waals surface area contributed by atoms with Crippen molar-refractivity contribution in [3.05, 3.63) is 22.7 Å². The Balaban J connectivity index is 1.44. The summed E-state index contributed by atoms with van der Waals surface area (Å²) < 4.78 is 11.4. The number of hydrogen-bond acceptors (Lipinski definition) is 6. The van der Waals surface area contributed by atoms with Gasteiger partial charge in [0.1, 0.15) is 5.75 Å². The molecule has 3 rings (SSSR count). The van der Waals surface area contributed by atoms with E-state index in [1.807, 2.05) is 6.07 Å². The van der Waals surface area contributed by atoms with Crippen molar-refractivity contribution in [1.82, 2.24) is 15.1 Å². The van der Waals surface area contributed by atoms with E-state index in [0.717, 1.165) is 43.5 Å². The van der Waals surface area contributed by atoms with E-state index < -0.39 is 0 Å². The van der Waals surface area contributed by atoms with Crippen LogP contribution < -0.4 is 15.8 Å². The monoisotopic (exact) mass is 396 g/mol. The smallest absolute Gasteiger partial charge is 0.125 e. The lowest BCUT2D eigenvalue weighted by atomic mass is 9.96. The molecule has 27 heavy (non-hydrogen) atoms. The lowest BCUT2D eigenvalue weighted by molar-refractivity contribution is -0.0340. The summed E-state index contributed by atoms with van der Waals surface area (Å²) in [5.41, 5.74) is 7.40. The number of rotatable bonds is 7.